The van der Waals surface area contributed by atoms with Crippen LogP contribution in [0.15, 0.2) is 52.2 Å². The highest BCUT2D eigenvalue weighted by Gasteiger charge is 2.45. The van der Waals surface area contributed by atoms with Crippen LogP contribution < -0.4 is 19.8 Å². The van der Waals surface area contributed by atoms with Crippen molar-refractivity contribution in [1.82, 2.24) is 4.98 Å². The molecule has 1 aliphatic rings. The smallest absolute Gasteiger partial charge is 0.350 e. The molecule has 0 saturated carbocycles. The van der Waals surface area contributed by atoms with Crippen LogP contribution in [0.4, 0.5) is 5.13 Å². The summed E-state index contributed by atoms with van der Waals surface area (Å²) in [6.45, 7) is 13.9. The number of aromatic nitrogens is 1. The first-order valence-corrected chi connectivity index (χ1v) is 14.6. The number of thiazole rings is 1. The Balaban J connectivity index is 1.73. The molecule has 0 aliphatic carbocycles. The van der Waals surface area contributed by atoms with Crippen LogP contribution in [-0.4, -0.2) is 36.7 Å². The average Bonchev–Trinajstić information content (AvgIpc) is 3.49. The van der Waals surface area contributed by atoms with Gasteiger partial charge in [0.05, 0.1) is 35.9 Å². The quantitative estimate of drug-likeness (QED) is 0.154. The second-order valence-electron chi connectivity index (χ2n) is 9.97. The van der Waals surface area contributed by atoms with Crippen molar-refractivity contribution in [3.05, 3.63) is 91.8 Å². The number of aryl methyl sites for hydroxylation is 3. The summed E-state index contributed by atoms with van der Waals surface area (Å²) in [6, 6.07) is 8.02. The summed E-state index contributed by atoms with van der Waals surface area (Å²) in [5, 5.41) is 0.619. The molecule has 0 spiro atoms. The third-order valence-electron chi connectivity index (χ3n) is 7.04. The van der Waals surface area contributed by atoms with E-state index in [4.69, 9.17) is 18.6 Å². The third kappa shape index (κ3) is 5.07. The summed E-state index contributed by atoms with van der Waals surface area (Å²) in [7, 11) is 0. The van der Waals surface area contributed by atoms with Gasteiger partial charge < -0.3 is 18.6 Å². The lowest BCUT2D eigenvalue weighted by atomic mass is 9.97. The molecule has 2 aromatic carbocycles. The molecule has 1 unspecified atom stereocenters. The van der Waals surface area contributed by atoms with Gasteiger partial charge in [0.25, 0.3) is 5.91 Å². The number of fused-ring (bicyclic) bond motifs is 2. The number of hydrogen-bond donors (Lipinski definition) is 0. The second-order valence-corrected chi connectivity index (χ2v) is 10.9. The normalized spacial score (nSPS) is 14.3. The number of nitrogens with zero attached hydrogens (tertiary/aromatic N) is 2. The average molecular weight is 589 g/mol. The van der Waals surface area contributed by atoms with Crippen molar-refractivity contribution in [2.24, 2.45) is 0 Å². The minimum Gasteiger partial charge on any atom is -0.490 e. The Labute approximate surface area is 247 Å². The van der Waals surface area contributed by atoms with Crippen LogP contribution in [0.1, 0.15) is 74.5 Å². The van der Waals surface area contributed by atoms with Crippen LogP contribution in [0.3, 0.4) is 0 Å². The zero-order chi connectivity index (χ0) is 30.1. The molecule has 1 atom stereocenters. The maximum atomic E-state index is 14.1. The highest BCUT2D eigenvalue weighted by atomic mass is 32.1. The zero-order valence-electron chi connectivity index (χ0n) is 24.2. The summed E-state index contributed by atoms with van der Waals surface area (Å²) in [5.74, 6) is -0.110. The standard InChI is InChI=1S/C32H32N2O7S/c1-7-12-39-22-11-10-20(16-24(22)38-9-3)26-25-27(35)21-14-17(4)18(5)15-23(21)41-28(25)30(36)34(26)32-33-19(6)29(42-32)31(37)40-13-8-2/h8,10-11,14-16,26H,2,7,9,12-13H2,1,3-6H3. The number of carbonyl (C=O) groups is 2. The van der Waals surface area contributed by atoms with Gasteiger partial charge in [-0.1, -0.05) is 37.0 Å². The van der Waals surface area contributed by atoms with Crippen LogP contribution in [0, 0.1) is 20.8 Å². The van der Waals surface area contributed by atoms with E-state index < -0.39 is 17.9 Å². The fourth-order valence-electron chi connectivity index (χ4n) is 4.91. The number of rotatable bonds is 10. The summed E-state index contributed by atoms with van der Waals surface area (Å²) in [6.07, 6.45) is 2.29. The lowest BCUT2D eigenvalue weighted by Crippen LogP contribution is -2.29. The largest absolute Gasteiger partial charge is 0.490 e. The van der Waals surface area contributed by atoms with Crippen molar-refractivity contribution >= 4 is 39.3 Å². The highest BCUT2D eigenvalue weighted by Crippen LogP contribution is 2.45. The lowest BCUT2D eigenvalue weighted by molar-refractivity contribution is 0.0554. The number of carbonyl (C=O) groups excluding carboxylic acids is 2. The van der Waals surface area contributed by atoms with Gasteiger partial charge in [0.2, 0.25) is 5.76 Å². The van der Waals surface area contributed by atoms with E-state index in [1.54, 1.807) is 37.3 Å². The molecule has 10 heteroatoms. The minimum atomic E-state index is -0.892. The van der Waals surface area contributed by atoms with E-state index >= 15 is 0 Å². The number of amides is 1. The van der Waals surface area contributed by atoms with Gasteiger partial charge in [0, 0.05) is 0 Å². The minimum absolute atomic E-state index is 0.0404. The van der Waals surface area contributed by atoms with Crippen molar-refractivity contribution in [2.75, 3.05) is 24.7 Å². The molecule has 218 valence electrons. The molecule has 4 aromatic rings. The molecule has 0 N–H and O–H groups in total. The number of ether oxygens (including phenoxy) is 3. The van der Waals surface area contributed by atoms with Crippen molar-refractivity contribution in [1.29, 1.82) is 0 Å². The van der Waals surface area contributed by atoms with Crippen molar-refractivity contribution in [3.63, 3.8) is 0 Å². The van der Waals surface area contributed by atoms with E-state index in [0.29, 0.717) is 46.9 Å². The van der Waals surface area contributed by atoms with Crippen LogP contribution >= 0.6 is 11.3 Å². The molecule has 42 heavy (non-hydrogen) atoms. The van der Waals surface area contributed by atoms with E-state index in [0.717, 1.165) is 28.9 Å². The van der Waals surface area contributed by atoms with Crippen molar-refractivity contribution in [2.45, 2.75) is 47.1 Å². The molecule has 3 heterocycles. The maximum absolute atomic E-state index is 14.1. The second kappa shape index (κ2) is 11.8. The van der Waals surface area contributed by atoms with Gasteiger partial charge in [0.1, 0.15) is 17.1 Å². The topological polar surface area (TPSA) is 108 Å². The third-order valence-corrected chi connectivity index (χ3v) is 8.18. The Hall–Kier alpha value is -4.44. The lowest BCUT2D eigenvalue weighted by Gasteiger charge is -2.23. The highest BCUT2D eigenvalue weighted by molar-refractivity contribution is 7.17. The maximum Gasteiger partial charge on any atom is 0.350 e. The number of esters is 1. The molecule has 0 saturated heterocycles. The molecule has 0 fully saturated rings. The van der Waals surface area contributed by atoms with Crippen molar-refractivity contribution in [3.8, 4) is 11.5 Å². The molecule has 9 nitrogen and oxygen atoms in total. The van der Waals surface area contributed by atoms with Crippen molar-refractivity contribution < 1.29 is 28.2 Å². The van der Waals surface area contributed by atoms with Crippen LogP contribution in [0.5, 0.6) is 11.5 Å². The van der Waals surface area contributed by atoms with Crippen LogP contribution in [-0.2, 0) is 4.74 Å². The Morgan fingerprint density at radius 2 is 1.86 bits per heavy atom. The Kier molecular flexibility index (Phi) is 8.17. The first-order chi connectivity index (χ1) is 20.2. The molecule has 1 amide bonds. The van der Waals surface area contributed by atoms with E-state index in [1.807, 2.05) is 27.7 Å². The Morgan fingerprint density at radius 1 is 1.10 bits per heavy atom. The Morgan fingerprint density at radius 3 is 2.57 bits per heavy atom. The summed E-state index contributed by atoms with van der Waals surface area (Å²) in [4.78, 5) is 47.2. The van der Waals surface area contributed by atoms with Gasteiger partial charge in [-0.25, -0.2) is 9.78 Å². The SMILES string of the molecule is C=CCOC(=O)c1sc(N2C(=O)c3oc4cc(C)c(C)cc4c(=O)c3C2c2ccc(OCCC)c(OCC)c2)nc1C. The predicted molar refractivity (Wildman–Crippen MR) is 161 cm³/mol. The fraction of sp³-hybridized carbons (Fsp3) is 0.312. The molecule has 0 bridgehead atoms. The van der Waals surface area contributed by atoms with Gasteiger partial charge in [-0.15, -0.1) is 0 Å². The van der Waals surface area contributed by atoms with E-state index in [9.17, 15) is 14.4 Å². The Bertz CT molecular complexity index is 1770. The molecular weight excluding hydrogens is 556 g/mol. The summed E-state index contributed by atoms with van der Waals surface area (Å²) >= 11 is 1.02. The van der Waals surface area contributed by atoms with Gasteiger partial charge in [-0.3, -0.25) is 14.5 Å². The number of benzene rings is 2. The summed E-state index contributed by atoms with van der Waals surface area (Å²) < 4.78 is 23.2. The number of hydrogen-bond acceptors (Lipinski definition) is 9. The van der Waals surface area contributed by atoms with Crippen LogP contribution in [0.2, 0.25) is 0 Å². The first kappa shape index (κ1) is 29.1. The van der Waals surface area contributed by atoms with Gasteiger partial charge in [0.15, 0.2) is 22.1 Å². The molecule has 0 radical (unpaired) electrons. The zero-order valence-corrected chi connectivity index (χ0v) is 25.1. The van der Waals surface area contributed by atoms with E-state index in [1.165, 1.54) is 11.0 Å². The first-order valence-electron chi connectivity index (χ1n) is 13.8. The fourth-order valence-corrected chi connectivity index (χ4v) is 5.90. The predicted octanol–water partition coefficient (Wildman–Crippen LogP) is 6.45. The molecular formula is C32H32N2O7S. The van der Waals surface area contributed by atoms with Gasteiger partial charge >= 0.3 is 5.97 Å². The van der Waals surface area contributed by atoms with Gasteiger partial charge in [-0.05, 0) is 75.1 Å². The van der Waals surface area contributed by atoms with Crippen LogP contribution in [0.25, 0.3) is 11.0 Å². The number of anilines is 1. The monoisotopic (exact) mass is 588 g/mol. The van der Waals surface area contributed by atoms with E-state index in [2.05, 4.69) is 11.6 Å². The van der Waals surface area contributed by atoms with E-state index in [-0.39, 0.29) is 33.4 Å². The van der Waals surface area contributed by atoms with Gasteiger partial charge in [-0.2, -0.15) is 0 Å². The molecule has 5 rings (SSSR count). The molecule has 2 aromatic heterocycles. The summed E-state index contributed by atoms with van der Waals surface area (Å²) in [5.41, 5.74) is 3.10. The molecule has 1 aliphatic heterocycles.